The van der Waals surface area contributed by atoms with Gasteiger partial charge in [-0.25, -0.2) is 4.79 Å². The second-order valence-corrected chi connectivity index (χ2v) is 5.48. The van der Waals surface area contributed by atoms with Crippen LogP contribution in [-0.4, -0.2) is 57.2 Å². The molecular formula is C11H18N2O4S. The van der Waals surface area contributed by atoms with Crippen molar-refractivity contribution in [2.75, 3.05) is 13.6 Å². The van der Waals surface area contributed by atoms with Gasteiger partial charge in [0.2, 0.25) is 0 Å². The molecule has 18 heavy (non-hydrogen) atoms. The van der Waals surface area contributed by atoms with Gasteiger partial charge in [0.05, 0.1) is 5.25 Å². The Morgan fingerprint density at radius 2 is 2.00 bits per heavy atom. The van der Waals surface area contributed by atoms with Crippen molar-refractivity contribution in [3.8, 4) is 0 Å². The summed E-state index contributed by atoms with van der Waals surface area (Å²) in [4.78, 5) is 37.0. The molecule has 102 valence electrons. The van der Waals surface area contributed by atoms with Crippen molar-refractivity contribution < 1.29 is 19.5 Å². The highest BCUT2D eigenvalue weighted by Gasteiger charge is 2.48. The average Bonchev–Trinajstić information content (AvgIpc) is 2.43. The van der Waals surface area contributed by atoms with Gasteiger partial charge >= 0.3 is 12.0 Å². The standard InChI is InChI=1S/C11H18N2O4S/c1-11(2)9(16)13(10(17)12(11)3)6-4-5-7(18)8(14)15/h7,18H,4-6H2,1-3H3,(H,14,15)/t7-/m0/s1. The fourth-order valence-corrected chi connectivity index (χ4v) is 1.93. The van der Waals surface area contributed by atoms with Crippen molar-refractivity contribution in [2.45, 2.75) is 37.5 Å². The fraction of sp³-hybridized carbons (Fsp3) is 0.727. The predicted molar refractivity (Wildman–Crippen MR) is 68.6 cm³/mol. The number of rotatable bonds is 5. The van der Waals surface area contributed by atoms with E-state index >= 15 is 0 Å². The van der Waals surface area contributed by atoms with Crippen LogP contribution in [0.2, 0.25) is 0 Å². The molecule has 1 heterocycles. The van der Waals surface area contributed by atoms with E-state index in [1.54, 1.807) is 20.9 Å². The number of hydrogen-bond acceptors (Lipinski definition) is 4. The van der Waals surface area contributed by atoms with Gasteiger partial charge in [0.1, 0.15) is 5.54 Å². The van der Waals surface area contributed by atoms with E-state index in [1.165, 1.54) is 9.80 Å². The number of carbonyl (C=O) groups excluding carboxylic acids is 2. The molecule has 6 nitrogen and oxygen atoms in total. The lowest BCUT2D eigenvalue weighted by atomic mass is 10.1. The van der Waals surface area contributed by atoms with E-state index in [1.807, 2.05) is 0 Å². The van der Waals surface area contributed by atoms with Crippen LogP contribution in [0.25, 0.3) is 0 Å². The normalized spacial score (nSPS) is 20.4. The van der Waals surface area contributed by atoms with Gasteiger partial charge in [0.25, 0.3) is 5.91 Å². The zero-order chi connectivity index (χ0) is 14.1. The van der Waals surface area contributed by atoms with Crippen molar-refractivity contribution in [1.29, 1.82) is 0 Å². The minimum Gasteiger partial charge on any atom is -0.480 e. The Morgan fingerprint density at radius 3 is 2.39 bits per heavy atom. The van der Waals surface area contributed by atoms with Crippen LogP contribution < -0.4 is 0 Å². The van der Waals surface area contributed by atoms with Crippen LogP contribution in [0.15, 0.2) is 0 Å². The Labute approximate surface area is 111 Å². The highest BCUT2D eigenvalue weighted by Crippen LogP contribution is 2.26. The first kappa shape index (κ1) is 14.8. The Kier molecular flexibility index (Phi) is 4.26. The summed E-state index contributed by atoms with van der Waals surface area (Å²) in [7, 11) is 1.58. The number of urea groups is 1. The van der Waals surface area contributed by atoms with Gasteiger partial charge in [-0.15, -0.1) is 0 Å². The number of hydrogen-bond donors (Lipinski definition) is 2. The van der Waals surface area contributed by atoms with Crippen LogP contribution in [0.4, 0.5) is 4.79 Å². The van der Waals surface area contributed by atoms with Gasteiger partial charge < -0.3 is 10.0 Å². The van der Waals surface area contributed by atoms with Crippen LogP contribution in [0, 0.1) is 0 Å². The number of carboxylic acids is 1. The molecule has 1 fully saturated rings. The summed E-state index contributed by atoms with van der Waals surface area (Å²) in [5.41, 5.74) is -0.829. The highest BCUT2D eigenvalue weighted by molar-refractivity contribution is 7.81. The third-order valence-electron chi connectivity index (χ3n) is 3.27. The first-order valence-corrected chi connectivity index (χ1v) is 6.22. The van der Waals surface area contributed by atoms with Crippen molar-refractivity contribution in [3.05, 3.63) is 0 Å². The lowest BCUT2D eigenvalue weighted by molar-refractivity contribution is -0.136. The topological polar surface area (TPSA) is 77.9 Å². The van der Waals surface area contributed by atoms with E-state index < -0.39 is 16.8 Å². The molecule has 1 aliphatic heterocycles. The van der Waals surface area contributed by atoms with Gasteiger partial charge in [0, 0.05) is 13.6 Å². The monoisotopic (exact) mass is 274 g/mol. The molecule has 0 unspecified atom stereocenters. The van der Waals surface area contributed by atoms with Crippen LogP contribution in [0.5, 0.6) is 0 Å². The summed E-state index contributed by atoms with van der Waals surface area (Å²) < 4.78 is 0. The van der Waals surface area contributed by atoms with Crippen LogP contribution >= 0.6 is 12.6 Å². The van der Waals surface area contributed by atoms with Crippen LogP contribution in [-0.2, 0) is 9.59 Å². The molecule has 0 aromatic rings. The smallest absolute Gasteiger partial charge is 0.327 e. The number of thiol groups is 1. The molecule has 1 N–H and O–H groups in total. The number of likely N-dealkylation sites (N-methyl/N-ethyl adjacent to an activating group) is 1. The molecule has 0 bridgehead atoms. The van der Waals surface area contributed by atoms with E-state index in [0.29, 0.717) is 12.8 Å². The van der Waals surface area contributed by atoms with E-state index in [2.05, 4.69) is 12.6 Å². The van der Waals surface area contributed by atoms with Crippen LogP contribution in [0.3, 0.4) is 0 Å². The molecular weight excluding hydrogens is 256 g/mol. The molecule has 0 aliphatic carbocycles. The zero-order valence-electron chi connectivity index (χ0n) is 10.7. The Morgan fingerprint density at radius 1 is 1.44 bits per heavy atom. The number of nitrogens with zero attached hydrogens (tertiary/aromatic N) is 2. The zero-order valence-corrected chi connectivity index (χ0v) is 11.6. The number of carbonyl (C=O) groups is 3. The maximum absolute atomic E-state index is 12.0. The highest BCUT2D eigenvalue weighted by atomic mass is 32.1. The number of aliphatic carboxylic acids is 1. The summed E-state index contributed by atoms with van der Waals surface area (Å²) >= 11 is 3.90. The van der Waals surface area contributed by atoms with Crippen molar-refractivity contribution in [1.82, 2.24) is 9.80 Å². The fourth-order valence-electron chi connectivity index (χ4n) is 1.74. The first-order chi connectivity index (χ1) is 8.19. The Balaban J connectivity index is 2.56. The van der Waals surface area contributed by atoms with E-state index in [-0.39, 0.29) is 18.5 Å². The lowest BCUT2D eigenvalue weighted by Crippen LogP contribution is -2.41. The molecule has 0 radical (unpaired) electrons. The van der Waals surface area contributed by atoms with Crippen LogP contribution in [0.1, 0.15) is 26.7 Å². The SMILES string of the molecule is CN1C(=O)N(CCC[C@H](S)C(=O)O)C(=O)C1(C)C. The van der Waals surface area contributed by atoms with E-state index in [0.717, 1.165) is 0 Å². The molecule has 3 amide bonds. The maximum Gasteiger partial charge on any atom is 0.327 e. The third kappa shape index (κ3) is 2.60. The molecule has 0 spiro atoms. The molecule has 7 heteroatoms. The number of imide groups is 1. The molecule has 0 aromatic heterocycles. The summed E-state index contributed by atoms with van der Waals surface area (Å²) in [6, 6.07) is -0.337. The first-order valence-electron chi connectivity index (χ1n) is 5.70. The summed E-state index contributed by atoms with van der Waals surface area (Å²) in [5, 5.41) is 7.91. The molecule has 1 atom stereocenters. The number of amides is 3. The Hall–Kier alpha value is -1.24. The quantitative estimate of drug-likeness (QED) is 0.575. The van der Waals surface area contributed by atoms with Gasteiger partial charge in [0.15, 0.2) is 0 Å². The third-order valence-corrected chi connectivity index (χ3v) is 3.75. The second kappa shape index (κ2) is 5.17. The second-order valence-electron chi connectivity index (χ2n) is 4.85. The molecule has 0 saturated carbocycles. The molecule has 1 saturated heterocycles. The molecule has 1 aliphatic rings. The molecule has 0 aromatic carbocycles. The van der Waals surface area contributed by atoms with Crippen molar-refractivity contribution >= 4 is 30.5 Å². The van der Waals surface area contributed by atoms with Crippen molar-refractivity contribution in [3.63, 3.8) is 0 Å². The minimum absolute atomic E-state index is 0.232. The lowest BCUT2D eigenvalue weighted by Gasteiger charge is -2.22. The average molecular weight is 274 g/mol. The molecule has 1 rings (SSSR count). The van der Waals surface area contributed by atoms with Crippen molar-refractivity contribution in [2.24, 2.45) is 0 Å². The summed E-state index contributed by atoms with van der Waals surface area (Å²) in [6.07, 6.45) is 0.752. The Bertz CT molecular complexity index is 383. The van der Waals surface area contributed by atoms with Gasteiger partial charge in [-0.2, -0.15) is 12.6 Å². The minimum atomic E-state index is -0.991. The van der Waals surface area contributed by atoms with Gasteiger partial charge in [-0.05, 0) is 26.7 Å². The predicted octanol–water partition coefficient (Wildman–Crippen LogP) is 0.822. The number of carboxylic acid groups (broad SMARTS) is 1. The largest absolute Gasteiger partial charge is 0.480 e. The van der Waals surface area contributed by atoms with Gasteiger partial charge in [-0.3, -0.25) is 14.5 Å². The maximum atomic E-state index is 12.0. The van der Waals surface area contributed by atoms with E-state index in [9.17, 15) is 14.4 Å². The summed E-state index contributed by atoms with van der Waals surface area (Å²) in [6.45, 7) is 3.60. The van der Waals surface area contributed by atoms with Gasteiger partial charge in [-0.1, -0.05) is 0 Å². The summed E-state index contributed by atoms with van der Waals surface area (Å²) in [5.74, 6) is -1.24. The van der Waals surface area contributed by atoms with E-state index in [4.69, 9.17) is 5.11 Å².